The van der Waals surface area contributed by atoms with Crippen molar-refractivity contribution in [2.45, 2.75) is 18.9 Å². The van der Waals surface area contributed by atoms with E-state index >= 15 is 0 Å². The largest absolute Gasteiger partial charge is 0.274 e. The minimum Gasteiger partial charge on any atom is -0.274 e. The molecule has 0 bridgehead atoms. The lowest BCUT2D eigenvalue weighted by molar-refractivity contribution is -0.150. The molecule has 3 rings (SSSR count). The molecule has 1 saturated heterocycles. The number of hydrogen-bond donors (Lipinski definition) is 0. The van der Waals surface area contributed by atoms with Crippen LogP contribution in [0.2, 0.25) is 0 Å². The fraction of sp³-hybridized carbons (Fsp3) is 0.333. The van der Waals surface area contributed by atoms with Crippen molar-refractivity contribution >= 4 is 35.4 Å². The van der Waals surface area contributed by atoms with Gasteiger partial charge in [-0.2, -0.15) is 0 Å². The normalized spacial score (nSPS) is 21.6. The zero-order valence-corrected chi connectivity index (χ0v) is 12.8. The van der Waals surface area contributed by atoms with Crippen molar-refractivity contribution in [2.75, 3.05) is 12.1 Å². The number of hydrogen-bond acceptors (Lipinski definition) is 5. The third kappa shape index (κ3) is 2.12. The number of thioether (sulfide) groups is 1. The number of imide groups is 2. The Hall–Kier alpha value is -2.15. The van der Waals surface area contributed by atoms with E-state index in [2.05, 4.69) is 0 Å². The van der Waals surface area contributed by atoms with Crippen LogP contribution in [0.3, 0.4) is 0 Å². The molecule has 4 amide bonds. The number of amides is 4. The maximum absolute atomic E-state index is 12.5. The molecule has 0 spiro atoms. The average molecular weight is 318 g/mol. The second kappa shape index (κ2) is 5.57. The molecule has 1 unspecified atom stereocenters. The lowest BCUT2D eigenvalue weighted by Gasteiger charge is -2.34. The Balaban J connectivity index is 1.92. The molecule has 0 radical (unpaired) electrons. The smallest absolute Gasteiger partial charge is 0.262 e. The number of fused-ring (bicyclic) bond motifs is 1. The first-order valence-corrected chi connectivity index (χ1v) is 8.25. The number of rotatable bonds is 3. The monoisotopic (exact) mass is 318 g/mol. The van der Waals surface area contributed by atoms with Gasteiger partial charge in [-0.1, -0.05) is 12.1 Å². The van der Waals surface area contributed by atoms with Gasteiger partial charge in [0.15, 0.2) is 0 Å². The molecule has 0 N–H and O–H groups in total. The predicted octanol–water partition coefficient (Wildman–Crippen LogP) is 1.12. The Morgan fingerprint density at radius 2 is 1.68 bits per heavy atom. The summed E-state index contributed by atoms with van der Waals surface area (Å²) in [5.41, 5.74) is 0.627. The van der Waals surface area contributed by atoms with Crippen molar-refractivity contribution in [3.63, 3.8) is 0 Å². The van der Waals surface area contributed by atoms with E-state index in [0.717, 1.165) is 9.80 Å². The van der Waals surface area contributed by atoms with Gasteiger partial charge in [0, 0.05) is 6.42 Å². The van der Waals surface area contributed by atoms with E-state index in [1.807, 2.05) is 0 Å². The summed E-state index contributed by atoms with van der Waals surface area (Å²) in [6.45, 7) is 0. The van der Waals surface area contributed by atoms with Crippen molar-refractivity contribution in [1.82, 2.24) is 9.80 Å². The van der Waals surface area contributed by atoms with Crippen LogP contribution in [0.25, 0.3) is 0 Å². The maximum atomic E-state index is 12.5. The standard InChI is InChI=1S/C15H14N2O4S/c1-22-8-16-12(18)7-6-11(15(16)21)17-13(19)9-4-2-3-5-10(9)14(17)20/h2-5,11H,6-8H2,1H3. The molecule has 7 heteroatoms. The van der Waals surface area contributed by atoms with Gasteiger partial charge >= 0.3 is 0 Å². The Kier molecular flexibility index (Phi) is 3.74. The van der Waals surface area contributed by atoms with Crippen LogP contribution in [0.1, 0.15) is 33.6 Å². The van der Waals surface area contributed by atoms with E-state index in [1.165, 1.54) is 11.8 Å². The SMILES string of the molecule is CSCN1C(=O)CCC(N2C(=O)c3ccccc3C2=O)C1=O. The summed E-state index contributed by atoms with van der Waals surface area (Å²) < 4.78 is 0. The Labute approximate surface area is 131 Å². The highest BCUT2D eigenvalue weighted by atomic mass is 32.2. The summed E-state index contributed by atoms with van der Waals surface area (Å²) >= 11 is 1.35. The number of likely N-dealkylation sites (tertiary alicyclic amines) is 1. The van der Waals surface area contributed by atoms with E-state index in [4.69, 9.17) is 0 Å². The van der Waals surface area contributed by atoms with Crippen molar-refractivity contribution in [2.24, 2.45) is 0 Å². The fourth-order valence-electron chi connectivity index (χ4n) is 2.82. The van der Waals surface area contributed by atoms with Crippen molar-refractivity contribution in [3.8, 4) is 0 Å². The third-order valence-corrected chi connectivity index (χ3v) is 4.40. The van der Waals surface area contributed by atoms with Gasteiger partial charge in [-0.15, -0.1) is 11.8 Å². The molecule has 1 atom stereocenters. The molecule has 2 aliphatic rings. The molecule has 2 heterocycles. The predicted molar refractivity (Wildman–Crippen MR) is 80.2 cm³/mol. The zero-order valence-electron chi connectivity index (χ0n) is 11.9. The number of piperidine rings is 1. The summed E-state index contributed by atoms with van der Waals surface area (Å²) in [4.78, 5) is 51.4. The quantitative estimate of drug-likeness (QED) is 0.781. The van der Waals surface area contributed by atoms with Crippen LogP contribution in [0.15, 0.2) is 24.3 Å². The van der Waals surface area contributed by atoms with Crippen LogP contribution in [0.5, 0.6) is 0 Å². The summed E-state index contributed by atoms with van der Waals surface area (Å²) in [5, 5.41) is 0. The summed E-state index contributed by atoms with van der Waals surface area (Å²) in [7, 11) is 0. The van der Waals surface area contributed by atoms with E-state index in [-0.39, 0.29) is 24.6 Å². The van der Waals surface area contributed by atoms with Crippen LogP contribution in [0.4, 0.5) is 0 Å². The first-order chi connectivity index (χ1) is 10.6. The summed E-state index contributed by atoms with van der Waals surface area (Å²) in [5.74, 6) is -1.42. The van der Waals surface area contributed by atoms with Gasteiger partial charge in [-0.25, -0.2) is 0 Å². The van der Waals surface area contributed by atoms with Crippen LogP contribution < -0.4 is 0 Å². The van der Waals surface area contributed by atoms with Crippen molar-refractivity contribution in [3.05, 3.63) is 35.4 Å². The van der Waals surface area contributed by atoms with Gasteiger partial charge in [0.2, 0.25) is 5.91 Å². The fourth-order valence-corrected chi connectivity index (χ4v) is 3.35. The lowest BCUT2D eigenvalue weighted by Crippen LogP contribution is -2.55. The van der Waals surface area contributed by atoms with E-state index in [0.29, 0.717) is 11.1 Å². The first kappa shape index (κ1) is 14.8. The second-order valence-corrected chi connectivity index (χ2v) is 5.99. The second-order valence-electron chi connectivity index (χ2n) is 5.16. The highest BCUT2D eigenvalue weighted by Crippen LogP contribution is 2.29. The minimum atomic E-state index is -0.891. The van der Waals surface area contributed by atoms with E-state index in [1.54, 1.807) is 30.5 Å². The van der Waals surface area contributed by atoms with Gasteiger partial charge in [-0.05, 0) is 24.8 Å². The molecule has 0 aliphatic carbocycles. The highest BCUT2D eigenvalue weighted by Gasteiger charge is 2.46. The Bertz CT molecular complexity index is 653. The molecular formula is C15H14N2O4S. The van der Waals surface area contributed by atoms with Crippen LogP contribution in [-0.2, 0) is 9.59 Å². The molecule has 1 aromatic rings. The third-order valence-electron chi connectivity index (χ3n) is 3.88. The zero-order chi connectivity index (χ0) is 15.9. The Morgan fingerprint density at radius 3 is 2.23 bits per heavy atom. The van der Waals surface area contributed by atoms with Gasteiger partial charge in [0.05, 0.1) is 17.0 Å². The summed E-state index contributed by atoms with van der Waals surface area (Å²) in [6, 6.07) is 5.62. The molecule has 6 nitrogen and oxygen atoms in total. The average Bonchev–Trinajstić information content (AvgIpc) is 2.77. The number of nitrogens with zero attached hydrogens (tertiary/aromatic N) is 2. The van der Waals surface area contributed by atoms with Crippen LogP contribution in [-0.4, -0.2) is 51.6 Å². The molecule has 1 aromatic carbocycles. The van der Waals surface area contributed by atoms with Crippen LogP contribution >= 0.6 is 11.8 Å². The highest BCUT2D eigenvalue weighted by molar-refractivity contribution is 7.98. The molecule has 1 fully saturated rings. The number of carbonyl (C=O) groups is 4. The molecule has 0 saturated carbocycles. The summed E-state index contributed by atoms with van der Waals surface area (Å²) in [6.07, 6.45) is 2.13. The van der Waals surface area contributed by atoms with E-state index in [9.17, 15) is 19.2 Å². The topological polar surface area (TPSA) is 74.8 Å². The molecule has 114 valence electrons. The van der Waals surface area contributed by atoms with Gasteiger partial charge in [0.1, 0.15) is 6.04 Å². The van der Waals surface area contributed by atoms with Gasteiger partial charge in [0.25, 0.3) is 17.7 Å². The van der Waals surface area contributed by atoms with Crippen molar-refractivity contribution in [1.29, 1.82) is 0 Å². The van der Waals surface area contributed by atoms with E-state index < -0.39 is 23.8 Å². The molecule has 2 aliphatic heterocycles. The maximum Gasteiger partial charge on any atom is 0.262 e. The molecule has 22 heavy (non-hydrogen) atoms. The van der Waals surface area contributed by atoms with Gasteiger partial charge < -0.3 is 0 Å². The Morgan fingerprint density at radius 1 is 1.09 bits per heavy atom. The number of carbonyl (C=O) groups excluding carboxylic acids is 4. The number of benzene rings is 1. The lowest BCUT2D eigenvalue weighted by atomic mass is 10.0. The van der Waals surface area contributed by atoms with Gasteiger partial charge in [-0.3, -0.25) is 29.0 Å². The van der Waals surface area contributed by atoms with Crippen LogP contribution in [0, 0.1) is 0 Å². The molecular weight excluding hydrogens is 304 g/mol. The first-order valence-electron chi connectivity index (χ1n) is 6.86. The molecule has 0 aromatic heterocycles. The minimum absolute atomic E-state index is 0.157. The van der Waals surface area contributed by atoms with Crippen molar-refractivity contribution < 1.29 is 19.2 Å².